The van der Waals surface area contributed by atoms with Gasteiger partial charge in [0.1, 0.15) is 0 Å². The van der Waals surface area contributed by atoms with Crippen molar-refractivity contribution >= 4 is 35.7 Å². The molecule has 1 aromatic heterocycles. The molecule has 3 aromatic rings. The molecule has 4 heteroatoms. The van der Waals surface area contributed by atoms with Gasteiger partial charge in [-0.2, -0.15) is 5.10 Å². The molecule has 1 heterocycles. The fraction of sp³-hybridized carbons (Fsp3) is 0.174. The van der Waals surface area contributed by atoms with Gasteiger partial charge in [0.25, 0.3) is 0 Å². The number of hydrogen-bond donors (Lipinski definition) is 1. The van der Waals surface area contributed by atoms with E-state index in [0.717, 1.165) is 22.5 Å². The summed E-state index contributed by atoms with van der Waals surface area (Å²) in [5, 5.41) is 7.41. The quantitative estimate of drug-likeness (QED) is 0.682. The molecule has 2 aromatic carbocycles. The predicted molar refractivity (Wildman–Crippen MR) is 118 cm³/mol. The molecule has 0 aliphatic heterocycles. The molecular formula is C23H26N4. The van der Waals surface area contributed by atoms with Gasteiger partial charge in [-0.1, -0.05) is 36.4 Å². The van der Waals surface area contributed by atoms with Gasteiger partial charge in [0.2, 0.25) is 0 Å². The maximum absolute atomic E-state index is 4.35. The second kappa shape index (κ2) is 8.41. The molecule has 0 spiro atoms. The molecular weight excluding hydrogens is 332 g/mol. The van der Waals surface area contributed by atoms with Crippen LogP contribution in [0.25, 0.3) is 24.3 Å². The number of H-pyrrole nitrogens is 1. The summed E-state index contributed by atoms with van der Waals surface area (Å²) < 4.78 is 0. The topological polar surface area (TPSA) is 35.2 Å². The lowest BCUT2D eigenvalue weighted by Gasteiger charge is -2.11. The Balaban J connectivity index is 1.63. The number of aromatic nitrogens is 2. The second-order valence-corrected chi connectivity index (χ2v) is 6.89. The van der Waals surface area contributed by atoms with Gasteiger partial charge >= 0.3 is 0 Å². The van der Waals surface area contributed by atoms with Crippen LogP contribution in [0.15, 0.2) is 54.6 Å². The van der Waals surface area contributed by atoms with Gasteiger partial charge in [-0.15, -0.1) is 0 Å². The van der Waals surface area contributed by atoms with Crippen molar-refractivity contribution in [3.8, 4) is 0 Å². The van der Waals surface area contributed by atoms with Crippen LogP contribution in [0, 0.1) is 0 Å². The first kappa shape index (κ1) is 18.5. The van der Waals surface area contributed by atoms with Crippen molar-refractivity contribution in [2.45, 2.75) is 0 Å². The first-order chi connectivity index (χ1) is 13.0. The zero-order valence-corrected chi connectivity index (χ0v) is 16.3. The summed E-state index contributed by atoms with van der Waals surface area (Å²) in [5.74, 6) is 0. The zero-order chi connectivity index (χ0) is 19.2. The average molecular weight is 358 g/mol. The first-order valence-electron chi connectivity index (χ1n) is 8.97. The lowest BCUT2D eigenvalue weighted by molar-refractivity contribution is 1.07. The molecule has 1 N–H and O–H groups in total. The lowest BCUT2D eigenvalue weighted by Crippen LogP contribution is -2.07. The third-order valence-electron chi connectivity index (χ3n) is 4.34. The van der Waals surface area contributed by atoms with Gasteiger partial charge in [0, 0.05) is 39.6 Å². The molecule has 4 nitrogen and oxygen atoms in total. The number of nitrogens with zero attached hydrogens (tertiary/aromatic N) is 3. The maximum Gasteiger partial charge on any atom is 0.0854 e. The number of benzene rings is 2. The Hall–Kier alpha value is -3.27. The minimum absolute atomic E-state index is 0.911. The van der Waals surface area contributed by atoms with Crippen LogP contribution in [-0.4, -0.2) is 38.4 Å². The largest absolute Gasteiger partial charge is 0.378 e. The van der Waals surface area contributed by atoms with Crippen LogP contribution < -0.4 is 9.80 Å². The minimum atomic E-state index is 0.911. The third kappa shape index (κ3) is 5.11. The average Bonchev–Trinajstić information content (AvgIpc) is 3.13. The van der Waals surface area contributed by atoms with Crippen molar-refractivity contribution in [3.63, 3.8) is 0 Å². The van der Waals surface area contributed by atoms with E-state index in [0.29, 0.717) is 0 Å². The molecule has 0 bridgehead atoms. The van der Waals surface area contributed by atoms with E-state index < -0.39 is 0 Å². The molecule has 0 unspecified atom stereocenters. The molecule has 0 aliphatic carbocycles. The number of hydrogen-bond acceptors (Lipinski definition) is 3. The fourth-order valence-corrected chi connectivity index (χ4v) is 2.66. The fourth-order valence-electron chi connectivity index (χ4n) is 2.66. The van der Waals surface area contributed by atoms with Crippen molar-refractivity contribution < 1.29 is 0 Å². The molecule has 27 heavy (non-hydrogen) atoms. The monoisotopic (exact) mass is 358 g/mol. The van der Waals surface area contributed by atoms with Crippen molar-refractivity contribution in [2.75, 3.05) is 38.0 Å². The van der Waals surface area contributed by atoms with Crippen LogP contribution in [0.5, 0.6) is 0 Å². The van der Waals surface area contributed by atoms with Crippen LogP contribution in [0.3, 0.4) is 0 Å². The van der Waals surface area contributed by atoms with E-state index in [1.54, 1.807) is 0 Å². The molecule has 138 valence electrons. The van der Waals surface area contributed by atoms with E-state index in [-0.39, 0.29) is 0 Å². The van der Waals surface area contributed by atoms with Crippen LogP contribution in [0.1, 0.15) is 22.5 Å². The Bertz CT molecular complexity index is 838. The summed E-state index contributed by atoms with van der Waals surface area (Å²) in [5.41, 5.74) is 6.59. The van der Waals surface area contributed by atoms with Crippen molar-refractivity contribution in [3.05, 3.63) is 77.1 Å². The highest BCUT2D eigenvalue weighted by atomic mass is 15.1. The maximum atomic E-state index is 4.35. The van der Waals surface area contributed by atoms with E-state index in [2.05, 4.69) is 80.7 Å². The first-order valence-corrected chi connectivity index (χ1v) is 8.97. The van der Waals surface area contributed by atoms with E-state index in [9.17, 15) is 0 Å². The highest BCUT2D eigenvalue weighted by molar-refractivity contribution is 5.73. The summed E-state index contributed by atoms with van der Waals surface area (Å²) in [6, 6.07) is 18.9. The van der Waals surface area contributed by atoms with Gasteiger partial charge in [-0.25, -0.2) is 0 Å². The van der Waals surface area contributed by atoms with Crippen LogP contribution in [-0.2, 0) is 0 Å². The molecule has 0 fully saturated rings. The smallest absolute Gasteiger partial charge is 0.0854 e. The van der Waals surface area contributed by atoms with Crippen LogP contribution in [0.2, 0.25) is 0 Å². The summed E-state index contributed by atoms with van der Waals surface area (Å²) in [7, 11) is 8.17. The van der Waals surface area contributed by atoms with Gasteiger partial charge in [0.05, 0.1) is 11.4 Å². The molecule has 0 radical (unpaired) electrons. The number of aromatic amines is 1. The normalized spacial score (nSPS) is 11.4. The molecule has 0 saturated heterocycles. The second-order valence-electron chi connectivity index (χ2n) is 6.89. The predicted octanol–water partition coefficient (Wildman–Crippen LogP) is 4.88. The molecule has 0 amide bonds. The summed E-state index contributed by atoms with van der Waals surface area (Å²) in [6.07, 6.45) is 8.22. The molecule has 0 atom stereocenters. The standard InChI is InChI=1S/C23H26N4/c1-26(2)22-13-7-18(8-14-22)5-11-20-17-21(25-24-20)12-6-19-9-15-23(16-10-19)27(3)4/h5-17H,1-4H3,(H,24,25)/b11-5+,12-6+. The van der Waals surface area contributed by atoms with E-state index >= 15 is 0 Å². The van der Waals surface area contributed by atoms with Gasteiger partial charge in [-0.3, -0.25) is 5.10 Å². The van der Waals surface area contributed by atoms with Crippen molar-refractivity contribution in [1.82, 2.24) is 10.2 Å². The molecule has 0 aliphatic rings. The van der Waals surface area contributed by atoms with E-state index in [1.165, 1.54) is 11.4 Å². The minimum Gasteiger partial charge on any atom is -0.378 e. The Morgan fingerprint density at radius 2 is 1.15 bits per heavy atom. The highest BCUT2D eigenvalue weighted by Crippen LogP contribution is 2.16. The number of nitrogens with one attached hydrogen (secondary N) is 1. The molecule has 0 saturated carbocycles. The van der Waals surface area contributed by atoms with Gasteiger partial charge in [-0.05, 0) is 53.6 Å². The van der Waals surface area contributed by atoms with E-state index in [1.807, 2.05) is 46.4 Å². The zero-order valence-electron chi connectivity index (χ0n) is 16.3. The van der Waals surface area contributed by atoms with E-state index in [4.69, 9.17) is 0 Å². The van der Waals surface area contributed by atoms with Crippen LogP contribution >= 0.6 is 0 Å². The Morgan fingerprint density at radius 3 is 1.63 bits per heavy atom. The SMILES string of the molecule is CN(C)c1ccc(/C=C/c2cc(/C=C/c3ccc(N(C)C)cc3)[nH]n2)cc1. The Labute approximate surface area is 161 Å². The van der Waals surface area contributed by atoms with Crippen molar-refractivity contribution in [1.29, 1.82) is 0 Å². The molecule has 3 rings (SSSR count). The highest BCUT2D eigenvalue weighted by Gasteiger charge is 1.97. The lowest BCUT2D eigenvalue weighted by atomic mass is 10.1. The van der Waals surface area contributed by atoms with Gasteiger partial charge in [0.15, 0.2) is 0 Å². The van der Waals surface area contributed by atoms with Crippen LogP contribution in [0.4, 0.5) is 11.4 Å². The summed E-state index contributed by atoms with van der Waals surface area (Å²) >= 11 is 0. The third-order valence-corrected chi connectivity index (χ3v) is 4.34. The number of anilines is 2. The number of rotatable bonds is 6. The summed E-state index contributed by atoms with van der Waals surface area (Å²) in [4.78, 5) is 4.18. The summed E-state index contributed by atoms with van der Waals surface area (Å²) in [6.45, 7) is 0. The Morgan fingerprint density at radius 1 is 0.667 bits per heavy atom. The van der Waals surface area contributed by atoms with Gasteiger partial charge < -0.3 is 9.80 Å². The Kier molecular flexibility index (Phi) is 5.77. The van der Waals surface area contributed by atoms with Crippen molar-refractivity contribution in [2.24, 2.45) is 0 Å².